The molecule has 60 valence electrons. The Kier molecular flexibility index (Phi) is 0.920. The maximum Gasteiger partial charge on any atom is 0.251 e. The van der Waals surface area contributed by atoms with Crippen LogP contribution in [0.15, 0.2) is 35.2 Å². The van der Waals surface area contributed by atoms with Gasteiger partial charge in [0.1, 0.15) is 4.60 Å². The van der Waals surface area contributed by atoms with Crippen molar-refractivity contribution >= 4 is 15.9 Å². The number of nitrogens with zero attached hydrogens (tertiary/aromatic N) is 4. The SMILES string of the molecule is [2H]c1nc(-n2nc([2H])c([2H])c2[2H])nc(Br)c1[2H]. The van der Waals surface area contributed by atoms with Gasteiger partial charge in [-0.1, -0.05) is 0 Å². The predicted molar refractivity (Wildman–Crippen MR) is 46.9 cm³/mol. The molecule has 2 rings (SSSR count). The largest absolute Gasteiger partial charge is 0.251 e. The van der Waals surface area contributed by atoms with E-state index in [1.54, 1.807) is 0 Å². The van der Waals surface area contributed by atoms with Crippen LogP contribution >= 0.6 is 15.9 Å². The summed E-state index contributed by atoms with van der Waals surface area (Å²) in [4.78, 5) is 7.50. The summed E-state index contributed by atoms with van der Waals surface area (Å²) in [7, 11) is 0. The maximum absolute atomic E-state index is 7.54. The summed E-state index contributed by atoms with van der Waals surface area (Å²) >= 11 is 2.99. The first-order valence-electron chi connectivity index (χ1n) is 5.45. The second-order valence-electron chi connectivity index (χ2n) is 1.81. The van der Waals surface area contributed by atoms with Crippen molar-refractivity contribution in [2.24, 2.45) is 0 Å². The van der Waals surface area contributed by atoms with Crippen LogP contribution in [0.5, 0.6) is 0 Å². The van der Waals surface area contributed by atoms with Crippen LogP contribution in [0.2, 0.25) is 0 Å². The number of hydrogen-bond donors (Lipinski definition) is 0. The zero-order valence-corrected chi connectivity index (χ0v) is 7.25. The third-order valence-corrected chi connectivity index (χ3v) is 1.45. The summed E-state index contributed by atoms with van der Waals surface area (Å²) < 4.78 is 38.0. The fourth-order valence-corrected chi connectivity index (χ4v) is 0.879. The molecule has 0 aliphatic rings. The third-order valence-electron chi connectivity index (χ3n) is 1.07. The van der Waals surface area contributed by atoms with E-state index >= 15 is 0 Å². The predicted octanol–water partition coefficient (Wildman–Crippen LogP) is 1.42. The first-order valence-corrected chi connectivity index (χ1v) is 3.75. The summed E-state index contributed by atoms with van der Waals surface area (Å²) in [5.41, 5.74) is 0. The van der Waals surface area contributed by atoms with Crippen LogP contribution < -0.4 is 0 Å². The number of aromatic nitrogens is 4. The first kappa shape index (κ1) is 3.66. The molecule has 5 heteroatoms. The average Bonchev–Trinajstić information content (AvgIpc) is 2.53. The van der Waals surface area contributed by atoms with Gasteiger partial charge in [-0.25, -0.2) is 14.6 Å². The molecule has 0 aliphatic carbocycles. The molecule has 0 aromatic carbocycles. The Balaban J connectivity index is 2.65. The van der Waals surface area contributed by atoms with Gasteiger partial charge in [0, 0.05) is 18.5 Å². The van der Waals surface area contributed by atoms with Crippen LogP contribution in [0.25, 0.3) is 5.95 Å². The van der Waals surface area contributed by atoms with Crippen molar-refractivity contribution in [2.45, 2.75) is 0 Å². The second-order valence-corrected chi connectivity index (χ2v) is 2.56. The lowest BCUT2D eigenvalue weighted by molar-refractivity contribution is 0.804. The molecule has 0 unspecified atom stereocenters. The highest BCUT2D eigenvalue weighted by molar-refractivity contribution is 9.10. The normalized spacial score (nSPS) is 15.9. The van der Waals surface area contributed by atoms with Gasteiger partial charge in [-0.15, -0.1) is 0 Å². The van der Waals surface area contributed by atoms with Crippen molar-refractivity contribution in [3.63, 3.8) is 0 Å². The van der Waals surface area contributed by atoms with Gasteiger partial charge >= 0.3 is 0 Å². The summed E-state index contributed by atoms with van der Waals surface area (Å²) in [6, 6.07) is -0.518. The molecule has 0 radical (unpaired) electrons. The Labute approximate surface area is 84.4 Å². The minimum Gasteiger partial charge on any atom is -0.220 e. The molecule has 0 saturated carbocycles. The van der Waals surface area contributed by atoms with Crippen molar-refractivity contribution in [3.8, 4) is 5.95 Å². The van der Waals surface area contributed by atoms with Crippen LogP contribution in [-0.2, 0) is 0 Å². The molecule has 0 N–H and O–H groups in total. The van der Waals surface area contributed by atoms with Crippen molar-refractivity contribution in [1.82, 2.24) is 19.7 Å². The molecule has 0 spiro atoms. The van der Waals surface area contributed by atoms with E-state index in [0.717, 1.165) is 4.68 Å². The van der Waals surface area contributed by atoms with Crippen molar-refractivity contribution in [3.05, 3.63) is 35.2 Å². The fourth-order valence-electron chi connectivity index (χ4n) is 0.632. The van der Waals surface area contributed by atoms with Crippen molar-refractivity contribution in [1.29, 1.82) is 0 Å². The highest BCUT2D eigenvalue weighted by atomic mass is 79.9. The highest BCUT2D eigenvalue weighted by Crippen LogP contribution is 2.05. The molecule has 2 heterocycles. The zero-order valence-electron chi connectivity index (χ0n) is 10.7. The van der Waals surface area contributed by atoms with Crippen LogP contribution in [0.4, 0.5) is 0 Å². The van der Waals surface area contributed by atoms with Crippen LogP contribution in [0.1, 0.15) is 6.85 Å². The maximum atomic E-state index is 7.54. The van der Waals surface area contributed by atoms with E-state index in [0.29, 0.717) is 0 Å². The van der Waals surface area contributed by atoms with Crippen LogP contribution in [0.3, 0.4) is 0 Å². The molecule has 2 aromatic rings. The Morgan fingerprint density at radius 2 is 2.42 bits per heavy atom. The molecule has 0 atom stereocenters. The van der Waals surface area contributed by atoms with Crippen molar-refractivity contribution in [2.75, 3.05) is 0 Å². The van der Waals surface area contributed by atoms with E-state index in [4.69, 9.17) is 6.85 Å². The molecule has 12 heavy (non-hydrogen) atoms. The Morgan fingerprint density at radius 1 is 1.50 bits per heavy atom. The smallest absolute Gasteiger partial charge is 0.220 e. The van der Waals surface area contributed by atoms with Gasteiger partial charge in [0.25, 0.3) is 5.95 Å². The van der Waals surface area contributed by atoms with Gasteiger partial charge in [0.05, 0.1) is 6.85 Å². The average molecular weight is 230 g/mol. The summed E-state index contributed by atoms with van der Waals surface area (Å²) in [5.74, 6) is -0.116. The quantitative estimate of drug-likeness (QED) is 0.696. The molecular weight excluding hydrogens is 220 g/mol. The minimum atomic E-state index is -0.365. The lowest BCUT2D eigenvalue weighted by atomic mass is 10.7. The van der Waals surface area contributed by atoms with E-state index in [-0.39, 0.29) is 41.2 Å². The number of rotatable bonds is 1. The monoisotopic (exact) mass is 229 g/mol. The lowest BCUT2D eigenvalue weighted by Gasteiger charge is -1.97. The fraction of sp³-hybridized carbons (Fsp3) is 0. The Hall–Kier alpha value is -1.23. The van der Waals surface area contributed by atoms with Crippen LogP contribution in [-0.4, -0.2) is 19.7 Å². The first-order chi connectivity index (χ1) is 7.91. The Bertz CT molecular complexity index is 575. The third kappa shape index (κ3) is 1.35. The molecule has 4 nitrogen and oxygen atoms in total. The van der Waals surface area contributed by atoms with Gasteiger partial charge < -0.3 is 0 Å². The molecule has 0 aliphatic heterocycles. The second kappa shape index (κ2) is 3.02. The zero-order chi connectivity index (χ0) is 12.7. The molecule has 0 fully saturated rings. The molecule has 0 saturated heterocycles. The standard InChI is InChI=1S/C7H5BrN4/c8-6-2-4-9-7(11-6)12-5-1-3-10-12/h1-5H/i1D,2D,3D,4D,5D. The topological polar surface area (TPSA) is 43.6 Å². The molecule has 0 bridgehead atoms. The number of halogens is 1. The summed E-state index contributed by atoms with van der Waals surface area (Å²) in [5, 5.41) is 3.61. The van der Waals surface area contributed by atoms with E-state index < -0.39 is 0 Å². The van der Waals surface area contributed by atoms with E-state index in [1.165, 1.54) is 0 Å². The Morgan fingerprint density at radius 3 is 3.08 bits per heavy atom. The molecule has 0 amide bonds. The van der Waals surface area contributed by atoms with Gasteiger partial charge in [-0.2, -0.15) is 5.10 Å². The summed E-state index contributed by atoms with van der Waals surface area (Å²) in [6.45, 7) is 0. The van der Waals surface area contributed by atoms with E-state index in [9.17, 15) is 0 Å². The van der Waals surface area contributed by atoms with Crippen molar-refractivity contribution < 1.29 is 6.85 Å². The lowest BCUT2D eigenvalue weighted by Crippen LogP contribution is -2.00. The molecular formula is C7H5BrN4. The van der Waals surface area contributed by atoms with Crippen LogP contribution in [0, 0.1) is 0 Å². The highest BCUT2D eigenvalue weighted by Gasteiger charge is 1.98. The minimum absolute atomic E-state index is 0.0976. The summed E-state index contributed by atoms with van der Waals surface area (Å²) in [6.07, 6.45) is -1.02. The number of hydrogen-bond acceptors (Lipinski definition) is 3. The van der Waals surface area contributed by atoms with Gasteiger partial charge in [-0.3, -0.25) is 0 Å². The van der Waals surface area contributed by atoms with Gasteiger partial charge in [0.2, 0.25) is 0 Å². The van der Waals surface area contributed by atoms with E-state index in [2.05, 4.69) is 31.0 Å². The molecule has 2 aromatic heterocycles. The van der Waals surface area contributed by atoms with Gasteiger partial charge in [0.15, 0.2) is 0 Å². The van der Waals surface area contributed by atoms with E-state index in [1.807, 2.05) is 0 Å². The van der Waals surface area contributed by atoms with Gasteiger partial charge in [-0.05, 0) is 28.0 Å².